The Morgan fingerprint density at radius 1 is 1.12 bits per heavy atom. The van der Waals surface area contributed by atoms with E-state index < -0.39 is 6.04 Å². The molecule has 1 saturated heterocycles. The zero-order chi connectivity index (χ0) is 18.0. The Bertz CT molecular complexity index is 823. The highest BCUT2D eigenvalue weighted by Gasteiger charge is 2.27. The van der Waals surface area contributed by atoms with E-state index in [0.29, 0.717) is 31.9 Å². The number of amides is 2. The van der Waals surface area contributed by atoms with Gasteiger partial charge in [-0.05, 0) is 24.4 Å². The molecule has 132 valence electrons. The standard InChI is InChI=1S/C17H20N4O3S/c1-12(17(24)20-9-7-19(8-10-20)13(2)22)21-16(23)6-5-14(18-21)15-4-3-11-25-15/h3-6,11-12H,7-10H2,1-2H3. The molecule has 0 aliphatic carbocycles. The van der Waals surface area contributed by atoms with Gasteiger partial charge >= 0.3 is 0 Å². The SMILES string of the molecule is CC(=O)N1CCN(C(=O)C(C)n2nc(-c3cccs3)ccc2=O)CC1. The summed E-state index contributed by atoms with van der Waals surface area (Å²) in [5, 5.41) is 6.32. The monoisotopic (exact) mass is 360 g/mol. The number of thiophene rings is 1. The number of hydrogen-bond donors (Lipinski definition) is 0. The zero-order valence-electron chi connectivity index (χ0n) is 14.2. The molecule has 2 aromatic heterocycles. The first kappa shape index (κ1) is 17.3. The largest absolute Gasteiger partial charge is 0.339 e. The van der Waals surface area contributed by atoms with Crippen LogP contribution in [0.25, 0.3) is 10.6 Å². The Morgan fingerprint density at radius 2 is 1.80 bits per heavy atom. The van der Waals surface area contributed by atoms with Crippen molar-refractivity contribution in [2.75, 3.05) is 26.2 Å². The van der Waals surface area contributed by atoms with Gasteiger partial charge in [0, 0.05) is 39.2 Å². The third kappa shape index (κ3) is 3.63. The van der Waals surface area contributed by atoms with E-state index >= 15 is 0 Å². The first-order chi connectivity index (χ1) is 12.0. The van der Waals surface area contributed by atoms with Crippen molar-refractivity contribution in [1.29, 1.82) is 0 Å². The van der Waals surface area contributed by atoms with Gasteiger partial charge in [-0.3, -0.25) is 14.4 Å². The normalized spacial score (nSPS) is 15.9. The molecule has 8 heteroatoms. The van der Waals surface area contributed by atoms with E-state index in [1.54, 1.807) is 22.8 Å². The van der Waals surface area contributed by atoms with Crippen molar-refractivity contribution in [3.8, 4) is 10.6 Å². The van der Waals surface area contributed by atoms with Crippen molar-refractivity contribution in [2.24, 2.45) is 0 Å². The smallest absolute Gasteiger partial charge is 0.267 e. The van der Waals surface area contributed by atoms with Crippen LogP contribution in [0.2, 0.25) is 0 Å². The van der Waals surface area contributed by atoms with Gasteiger partial charge < -0.3 is 9.80 Å². The molecule has 2 amide bonds. The molecule has 1 atom stereocenters. The molecule has 2 aromatic rings. The summed E-state index contributed by atoms with van der Waals surface area (Å²) in [6.45, 7) is 5.20. The lowest BCUT2D eigenvalue weighted by Gasteiger charge is -2.35. The molecular weight excluding hydrogens is 340 g/mol. The number of carbonyl (C=O) groups is 2. The predicted octanol–water partition coefficient (Wildman–Crippen LogP) is 1.22. The average Bonchev–Trinajstić information content (AvgIpc) is 3.15. The summed E-state index contributed by atoms with van der Waals surface area (Å²) in [7, 11) is 0. The van der Waals surface area contributed by atoms with Crippen molar-refractivity contribution in [3.63, 3.8) is 0 Å². The minimum atomic E-state index is -0.684. The summed E-state index contributed by atoms with van der Waals surface area (Å²) in [4.78, 5) is 40.7. The molecule has 0 saturated carbocycles. The van der Waals surface area contributed by atoms with Crippen LogP contribution in [0.3, 0.4) is 0 Å². The molecule has 1 unspecified atom stereocenters. The van der Waals surface area contributed by atoms with E-state index in [0.717, 1.165) is 4.88 Å². The quantitative estimate of drug-likeness (QED) is 0.825. The molecule has 0 aromatic carbocycles. The third-order valence-corrected chi connectivity index (χ3v) is 5.25. The van der Waals surface area contributed by atoms with Crippen LogP contribution in [0.4, 0.5) is 0 Å². The number of hydrogen-bond acceptors (Lipinski definition) is 5. The topological polar surface area (TPSA) is 75.5 Å². The Hall–Kier alpha value is -2.48. The van der Waals surface area contributed by atoms with Crippen LogP contribution in [-0.2, 0) is 9.59 Å². The number of rotatable bonds is 3. The molecule has 0 N–H and O–H groups in total. The van der Waals surface area contributed by atoms with Crippen molar-refractivity contribution < 1.29 is 9.59 Å². The third-order valence-electron chi connectivity index (χ3n) is 4.36. The van der Waals surface area contributed by atoms with Crippen LogP contribution in [0.1, 0.15) is 19.9 Å². The first-order valence-electron chi connectivity index (χ1n) is 8.15. The molecule has 3 heterocycles. The minimum absolute atomic E-state index is 0.0154. The van der Waals surface area contributed by atoms with Gasteiger partial charge in [-0.15, -0.1) is 11.3 Å². The fourth-order valence-corrected chi connectivity index (χ4v) is 3.56. The molecule has 3 rings (SSSR count). The van der Waals surface area contributed by atoms with Gasteiger partial charge in [0.15, 0.2) is 0 Å². The molecule has 0 bridgehead atoms. The second kappa shape index (κ2) is 7.18. The fraction of sp³-hybridized carbons (Fsp3) is 0.412. The van der Waals surface area contributed by atoms with E-state index in [2.05, 4.69) is 5.10 Å². The van der Waals surface area contributed by atoms with Crippen molar-refractivity contribution >= 4 is 23.2 Å². The van der Waals surface area contributed by atoms with Crippen LogP contribution in [0.5, 0.6) is 0 Å². The Balaban J connectivity index is 1.77. The first-order valence-corrected chi connectivity index (χ1v) is 9.03. The predicted molar refractivity (Wildman–Crippen MR) is 95.4 cm³/mol. The highest BCUT2D eigenvalue weighted by Crippen LogP contribution is 2.22. The summed E-state index contributed by atoms with van der Waals surface area (Å²) < 4.78 is 1.24. The maximum absolute atomic E-state index is 12.8. The van der Waals surface area contributed by atoms with Crippen LogP contribution in [0, 0.1) is 0 Å². The summed E-state index contributed by atoms with van der Waals surface area (Å²) in [5.74, 6) is -0.136. The van der Waals surface area contributed by atoms with Gasteiger partial charge in [0.05, 0.1) is 4.88 Å². The van der Waals surface area contributed by atoms with Crippen molar-refractivity contribution in [3.05, 3.63) is 40.0 Å². The molecule has 0 radical (unpaired) electrons. The number of piperazine rings is 1. The highest BCUT2D eigenvalue weighted by molar-refractivity contribution is 7.13. The average molecular weight is 360 g/mol. The van der Waals surface area contributed by atoms with E-state index in [9.17, 15) is 14.4 Å². The number of nitrogens with zero attached hydrogens (tertiary/aromatic N) is 4. The molecule has 1 aliphatic heterocycles. The van der Waals surface area contributed by atoms with Crippen LogP contribution in [0.15, 0.2) is 34.4 Å². The highest BCUT2D eigenvalue weighted by atomic mass is 32.1. The molecule has 1 aliphatic rings. The van der Waals surface area contributed by atoms with E-state index in [-0.39, 0.29) is 17.4 Å². The summed E-state index contributed by atoms with van der Waals surface area (Å²) in [5.41, 5.74) is 0.374. The van der Waals surface area contributed by atoms with Crippen LogP contribution < -0.4 is 5.56 Å². The van der Waals surface area contributed by atoms with E-state index in [4.69, 9.17) is 0 Å². The van der Waals surface area contributed by atoms with E-state index in [1.807, 2.05) is 17.5 Å². The number of aromatic nitrogens is 2. The lowest BCUT2D eigenvalue weighted by Crippen LogP contribution is -2.52. The van der Waals surface area contributed by atoms with Crippen molar-refractivity contribution in [1.82, 2.24) is 19.6 Å². The minimum Gasteiger partial charge on any atom is -0.339 e. The maximum atomic E-state index is 12.8. The fourth-order valence-electron chi connectivity index (χ4n) is 2.87. The van der Waals surface area contributed by atoms with Gasteiger partial charge in [-0.2, -0.15) is 5.10 Å². The van der Waals surface area contributed by atoms with Gasteiger partial charge in [-0.1, -0.05) is 6.07 Å². The summed E-state index contributed by atoms with van der Waals surface area (Å²) in [6, 6.07) is 6.28. The summed E-state index contributed by atoms with van der Waals surface area (Å²) in [6.07, 6.45) is 0. The molecule has 25 heavy (non-hydrogen) atoms. The van der Waals surface area contributed by atoms with Crippen molar-refractivity contribution in [2.45, 2.75) is 19.9 Å². The van der Waals surface area contributed by atoms with E-state index in [1.165, 1.54) is 29.0 Å². The Morgan fingerprint density at radius 3 is 2.40 bits per heavy atom. The lowest BCUT2D eigenvalue weighted by molar-refractivity contribution is -0.140. The summed E-state index contributed by atoms with van der Waals surface area (Å²) >= 11 is 1.53. The van der Waals surface area contributed by atoms with Crippen LogP contribution >= 0.6 is 11.3 Å². The zero-order valence-corrected chi connectivity index (χ0v) is 15.0. The van der Waals surface area contributed by atoms with Gasteiger partial charge in [0.1, 0.15) is 11.7 Å². The number of carbonyl (C=O) groups excluding carboxylic acids is 2. The molecule has 1 fully saturated rings. The lowest BCUT2D eigenvalue weighted by atomic mass is 10.2. The van der Waals surface area contributed by atoms with Gasteiger partial charge in [0.2, 0.25) is 11.8 Å². The molecular formula is C17H20N4O3S. The molecule has 7 nitrogen and oxygen atoms in total. The maximum Gasteiger partial charge on any atom is 0.267 e. The Kier molecular flexibility index (Phi) is 4.98. The van der Waals surface area contributed by atoms with Gasteiger partial charge in [0.25, 0.3) is 5.56 Å². The second-order valence-electron chi connectivity index (χ2n) is 5.99. The Labute approximate surface area is 149 Å². The second-order valence-corrected chi connectivity index (χ2v) is 6.93. The van der Waals surface area contributed by atoms with Crippen LogP contribution in [-0.4, -0.2) is 57.6 Å². The molecule has 0 spiro atoms. The van der Waals surface area contributed by atoms with Gasteiger partial charge in [-0.25, -0.2) is 4.68 Å².